The van der Waals surface area contributed by atoms with Gasteiger partial charge in [-0.15, -0.1) is 0 Å². The van der Waals surface area contributed by atoms with E-state index in [1.807, 2.05) is 0 Å². The molecule has 0 bridgehead atoms. The first-order valence-corrected chi connectivity index (χ1v) is 5.88. The molecule has 1 aliphatic rings. The van der Waals surface area contributed by atoms with Crippen LogP contribution in [0.3, 0.4) is 0 Å². The highest BCUT2D eigenvalue weighted by atomic mass is 16.6. The fourth-order valence-electron chi connectivity index (χ4n) is 2.12. The fraction of sp³-hybridized carbons (Fsp3) is 0.455. The summed E-state index contributed by atoms with van der Waals surface area (Å²) in [6.45, 7) is -0.358. The van der Waals surface area contributed by atoms with Crippen molar-refractivity contribution in [3.8, 4) is 11.4 Å². The molecule has 2 aromatic rings. The average molecular weight is 266 g/mol. The zero-order valence-corrected chi connectivity index (χ0v) is 9.92. The van der Waals surface area contributed by atoms with E-state index in [-0.39, 0.29) is 6.61 Å². The molecule has 0 radical (unpaired) electrons. The number of aromatic nitrogens is 4. The van der Waals surface area contributed by atoms with E-state index in [4.69, 9.17) is 9.84 Å². The van der Waals surface area contributed by atoms with Gasteiger partial charge in [0.15, 0.2) is 6.23 Å². The van der Waals surface area contributed by atoms with E-state index < -0.39 is 24.5 Å². The van der Waals surface area contributed by atoms with E-state index in [9.17, 15) is 10.2 Å². The van der Waals surface area contributed by atoms with Gasteiger partial charge in [0.2, 0.25) is 0 Å². The fourth-order valence-corrected chi connectivity index (χ4v) is 2.12. The molecule has 0 aromatic carbocycles. The second kappa shape index (κ2) is 4.74. The van der Waals surface area contributed by atoms with E-state index >= 15 is 0 Å². The van der Waals surface area contributed by atoms with E-state index in [0.717, 1.165) is 5.69 Å². The van der Waals surface area contributed by atoms with Crippen LogP contribution in [0.25, 0.3) is 11.4 Å². The second-order valence-corrected chi connectivity index (χ2v) is 4.38. The molecule has 4 N–H and O–H groups in total. The van der Waals surface area contributed by atoms with Crippen LogP contribution in [0.4, 0.5) is 0 Å². The molecule has 1 unspecified atom stereocenters. The maximum atomic E-state index is 9.89. The zero-order chi connectivity index (χ0) is 13.4. The molecule has 3 rings (SSSR count). The Balaban J connectivity index is 1.84. The van der Waals surface area contributed by atoms with Gasteiger partial charge >= 0.3 is 0 Å². The predicted molar refractivity (Wildman–Crippen MR) is 62.8 cm³/mol. The molecule has 1 fully saturated rings. The molecular weight excluding hydrogens is 252 g/mol. The number of nitrogens with one attached hydrogen (secondary N) is 1. The average Bonchev–Trinajstić information content (AvgIpc) is 3.12. The summed E-state index contributed by atoms with van der Waals surface area (Å²) in [4.78, 5) is 0. The molecule has 8 nitrogen and oxygen atoms in total. The monoisotopic (exact) mass is 266 g/mol. The summed E-state index contributed by atoms with van der Waals surface area (Å²) in [6.07, 6.45) is -0.637. The Kier molecular flexibility index (Phi) is 3.07. The van der Waals surface area contributed by atoms with Crippen molar-refractivity contribution in [2.75, 3.05) is 6.61 Å². The minimum Gasteiger partial charge on any atom is -0.394 e. The third-order valence-electron chi connectivity index (χ3n) is 3.16. The Labute approximate surface area is 108 Å². The van der Waals surface area contributed by atoms with Gasteiger partial charge in [0.25, 0.3) is 0 Å². The van der Waals surface area contributed by atoms with Crippen LogP contribution in [0.15, 0.2) is 24.5 Å². The van der Waals surface area contributed by atoms with Crippen LogP contribution < -0.4 is 0 Å². The third kappa shape index (κ3) is 2.04. The normalized spacial score (nSPS) is 30.9. The maximum absolute atomic E-state index is 9.89. The van der Waals surface area contributed by atoms with Crippen molar-refractivity contribution < 1.29 is 20.1 Å². The summed E-state index contributed by atoms with van der Waals surface area (Å²) in [6, 6.07) is 3.51. The molecule has 0 amide bonds. The molecule has 1 aliphatic heterocycles. The van der Waals surface area contributed by atoms with Crippen molar-refractivity contribution in [3.05, 3.63) is 24.5 Å². The first-order chi connectivity index (χ1) is 9.20. The van der Waals surface area contributed by atoms with Crippen molar-refractivity contribution >= 4 is 0 Å². The molecular formula is C11H14N4O4. The predicted octanol–water partition coefficient (Wildman–Crippen LogP) is -1.12. The van der Waals surface area contributed by atoms with Crippen molar-refractivity contribution in [1.82, 2.24) is 20.0 Å². The molecule has 3 heterocycles. The Morgan fingerprint density at radius 2 is 2.16 bits per heavy atom. The van der Waals surface area contributed by atoms with E-state index in [2.05, 4.69) is 15.3 Å². The number of hydrogen-bond donors (Lipinski definition) is 4. The molecule has 0 spiro atoms. The Bertz CT molecular complexity index is 541. The molecule has 4 atom stereocenters. The Hall–Kier alpha value is -1.74. The lowest BCUT2D eigenvalue weighted by atomic mass is 10.1. The van der Waals surface area contributed by atoms with Crippen LogP contribution in [-0.2, 0) is 4.74 Å². The van der Waals surface area contributed by atoms with Crippen LogP contribution in [0.5, 0.6) is 0 Å². The number of hydrogen-bond acceptors (Lipinski definition) is 6. The number of aromatic amines is 1. The molecule has 0 aliphatic carbocycles. The summed E-state index contributed by atoms with van der Waals surface area (Å²) < 4.78 is 6.79. The number of rotatable bonds is 3. The minimum atomic E-state index is -1.13. The molecule has 19 heavy (non-hydrogen) atoms. The highest BCUT2D eigenvalue weighted by molar-refractivity contribution is 5.52. The van der Waals surface area contributed by atoms with Crippen LogP contribution in [0, 0.1) is 0 Å². The number of aliphatic hydroxyl groups is 3. The Morgan fingerprint density at radius 3 is 2.79 bits per heavy atom. The van der Waals surface area contributed by atoms with Gasteiger partial charge in [-0.25, -0.2) is 4.68 Å². The maximum Gasteiger partial charge on any atom is 0.179 e. The topological polar surface area (TPSA) is 116 Å². The second-order valence-electron chi connectivity index (χ2n) is 4.38. The third-order valence-corrected chi connectivity index (χ3v) is 3.16. The van der Waals surface area contributed by atoms with Crippen molar-refractivity contribution in [2.45, 2.75) is 24.5 Å². The van der Waals surface area contributed by atoms with E-state index in [1.165, 1.54) is 4.68 Å². The molecule has 1 saturated heterocycles. The summed E-state index contributed by atoms with van der Waals surface area (Å²) in [5.74, 6) is 0. The highest BCUT2D eigenvalue weighted by Gasteiger charge is 2.43. The number of H-pyrrole nitrogens is 1. The van der Waals surface area contributed by atoms with Crippen LogP contribution in [0.1, 0.15) is 6.23 Å². The quantitative estimate of drug-likeness (QED) is 0.559. The SMILES string of the molecule is OC[C@H]1O[C@@H](n2ccc(-c3ccn[nH]3)n2)[C@@H](O)C1O. The number of aliphatic hydroxyl groups excluding tert-OH is 3. The van der Waals surface area contributed by atoms with Crippen molar-refractivity contribution in [1.29, 1.82) is 0 Å². The van der Waals surface area contributed by atoms with Crippen molar-refractivity contribution in [2.24, 2.45) is 0 Å². The smallest absolute Gasteiger partial charge is 0.179 e. The lowest BCUT2D eigenvalue weighted by Crippen LogP contribution is -2.33. The standard InChI is InChI=1S/C11H14N4O4/c16-5-8-9(17)10(18)11(19-8)15-4-2-7(14-15)6-1-3-12-13-6/h1-4,8-11,16-18H,5H2,(H,12,13)/t8-,9?,10+,11-/m1/s1. The summed E-state index contributed by atoms with van der Waals surface area (Å²) in [5.41, 5.74) is 1.39. The van der Waals surface area contributed by atoms with Crippen LogP contribution >= 0.6 is 0 Å². The minimum absolute atomic E-state index is 0.358. The largest absolute Gasteiger partial charge is 0.394 e. The molecule has 8 heteroatoms. The molecule has 0 saturated carbocycles. The lowest BCUT2D eigenvalue weighted by Gasteiger charge is -2.14. The van der Waals surface area contributed by atoms with Gasteiger partial charge < -0.3 is 20.1 Å². The van der Waals surface area contributed by atoms with Gasteiger partial charge in [-0.1, -0.05) is 0 Å². The molecule has 2 aromatic heterocycles. The van der Waals surface area contributed by atoms with Gasteiger partial charge in [0.05, 0.1) is 12.3 Å². The zero-order valence-electron chi connectivity index (χ0n) is 9.92. The van der Waals surface area contributed by atoms with Gasteiger partial charge in [0.1, 0.15) is 24.0 Å². The number of ether oxygens (including phenoxy) is 1. The van der Waals surface area contributed by atoms with Crippen molar-refractivity contribution in [3.63, 3.8) is 0 Å². The van der Waals surface area contributed by atoms with Crippen LogP contribution in [0.2, 0.25) is 0 Å². The summed E-state index contributed by atoms with van der Waals surface area (Å²) in [5, 5.41) is 39.5. The first kappa shape index (κ1) is 12.3. The summed E-state index contributed by atoms with van der Waals surface area (Å²) >= 11 is 0. The number of nitrogens with zero attached hydrogens (tertiary/aromatic N) is 3. The highest BCUT2D eigenvalue weighted by Crippen LogP contribution is 2.29. The summed E-state index contributed by atoms with van der Waals surface area (Å²) in [7, 11) is 0. The first-order valence-electron chi connectivity index (χ1n) is 5.88. The van der Waals surface area contributed by atoms with Gasteiger partial charge in [-0.2, -0.15) is 10.2 Å². The van der Waals surface area contributed by atoms with Gasteiger partial charge in [0, 0.05) is 12.4 Å². The molecule has 102 valence electrons. The van der Waals surface area contributed by atoms with Crippen LogP contribution in [-0.4, -0.2) is 60.2 Å². The van der Waals surface area contributed by atoms with Gasteiger partial charge in [-0.3, -0.25) is 5.10 Å². The van der Waals surface area contributed by atoms with Gasteiger partial charge in [-0.05, 0) is 12.1 Å². The van der Waals surface area contributed by atoms with E-state index in [0.29, 0.717) is 5.69 Å². The Morgan fingerprint density at radius 1 is 1.32 bits per heavy atom. The van der Waals surface area contributed by atoms with E-state index in [1.54, 1.807) is 24.5 Å². The lowest BCUT2D eigenvalue weighted by molar-refractivity contribution is -0.0585.